The number of anilines is 1. The highest BCUT2D eigenvalue weighted by atomic mass is 32.2. The van der Waals surface area contributed by atoms with Crippen molar-refractivity contribution in [2.45, 2.75) is 11.1 Å². The Hall–Kier alpha value is -0.790. The van der Waals surface area contributed by atoms with Crippen LogP contribution in [0, 0.1) is 0 Å². The number of carbonyl (C=O) groups excluding carboxylic acids is 1. The van der Waals surface area contributed by atoms with Crippen molar-refractivity contribution in [3.63, 3.8) is 0 Å². The molecule has 7 heteroatoms. The van der Waals surface area contributed by atoms with E-state index in [9.17, 15) is 4.79 Å². The van der Waals surface area contributed by atoms with Gasteiger partial charge in [-0.3, -0.25) is 0 Å². The summed E-state index contributed by atoms with van der Waals surface area (Å²) < 4.78 is 5.74. The quantitative estimate of drug-likeness (QED) is 0.496. The van der Waals surface area contributed by atoms with E-state index in [2.05, 4.69) is 0 Å². The molecule has 4 nitrogen and oxygen atoms in total. The van der Waals surface area contributed by atoms with E-state index in [0.29, 0.717) is 22.7 Å². The fourth-order valence-corrected chi connectivity index (χ4v) is 3.36. The van der Waals surface area contributed by atoms with E-state index in [1.54, 1.807) is 6.92 Å². The zero-order valence-electron chi connectivity index (χ0n) is 8.90. The molecule has 16 heavy (non-hydrogen) atoms. The van der Waals surface area contributed by atoms with Crippen LogP contribution in [0.2, 0.25) is 0 Å². The first-order valence-electron chi connectivity index (χ1n) is 4.46. The van der Waals surface area contributed by atoms with E-state index in [-0.39, 0.29) is 4.99 Å². The molecule has 0 spiro atoms. The molecule has 0 aromatic carbocycles. The molecular weight excluding hydrogens is 264 g/mol. The molecule has 0 saturated carbocycles. The van der Waals surface area contributed by atoms with Crippen LogP contribution in [0.25, 0.3) is 0 Å². The van der Waals surface area contributed by atoms with E-state index in [4.69, 9.17) is 28.4 Å². The van der Waals surface area contributed by atoms with Crippen LogP contribution in [0.4, 0.5) is 5.69 Å². The third-order valence-electron chi connectivity index (χ3n) is 1.81. The summed E-state index contributed by atoms with van der Waals surface area (Å²) in [5.74, 6) is -0.428. The van der Waals surface area contributed by atoms with Gasteiger partial charge in [-0.05, 0) is 13.2 Å². The van der Waals surface area contributed by atoms with E-state index in [1.807, 2.05) is 6.26 Å². The Labute approximate surface area is 107 Å². The van der Waals surface area contributed by atoms with Crippen molar-refractivity contribution in [2.24, 2.45) is 5.73 Å². The van der Waals surface area contributed by atoms with Crippen LogP contribution in [-0.2, 0) is 4.74 Å². The van der Waals surface area contributed by atoms with Crippen LogP contribution < -0.4 is 11.5 Å². The van der Waals surface area contributed by atoms with Crippen molar-refractivity contribution in [1.82, 2.24) is 0 Å². The first-order valence-corrected chi connectivity index (χ1v) is 6.91. The molecule has 0 fully saturated rings. The standard InChI is InChI=1S/C9H12N2O2S3/c1-3-13-8(12)6-5(10)4(7(11)14)9(15-2)16-6/h3,10H2,1-2H3,(H2,11,14). The lowest BCUT2D eigenvalue weighted by Crippen LogP contribution is -2.13. The topological polar surface area (TPSA) is 78.3 Å². The molecule has 0 radical (unpaired) electrons. The fourth-order valence-electron chi connectivity index (χ4n) is 1.15. The molecule has 1 aromatic heterocycles. The molecule has 1 heterocycles. The third-order valence-corrected chi connectivity index (χ3v) is 4.31. The number of carbonyl (C=O) groups is 1. The summed E-state index contributed by atoms with van der Waals surface area (Å²) >= 11 is 7.62. The molecule has 0 aliphatic rings. The predicted molar refractivity (Wildman–Crippen MR) is 72.4 cm³/mol. The van der Waals surface area contributed by atoms with Crippen molar-refractivity contribution < 1.29 is 9.53 Å². The summed E-state index contributed by atoms with van der Waals surface area (Å²) in [5, 5.41) is 0. The number of hydrogen-bond donors (Lipinski definition) is 2. The zero-order chi connectivity index (χ0) is 12.3. The van der Waals surface area contributed by atoms with E-state index in [0.717, 1.165) is 4.21 Å². The van der Waals surface area contributed by atoms with Crippen molar-refractivity contribution in [2.75, 3.05) is 18.6 Å². The van der Waals surface area contributed by atoms with Gasteiger partial charge in [0.2, 0.25) is 0 Å². The number of nitrogen functional groups attached to an aromatic ring is 1. The van der Waals surface area contributed by atoms with E-state index < -0.39 is 5.97 Å². The largest absolute Gasteiger partial charge is 0.462 e. The lowest BCUT2D eigenvalue weighted by atomic mass is 10.2. The van der Waals surface area contributed by atoms with Gasteiger partial charge in [0.05, 0.1) is 22.1 Å². The van der Waals surface area contributed by atoms with Crippen LogP contribution in [0.1, 0.15) is 22.2 Å². The number of thiocarbonyl (C=S) groups is 1. The zero-order valence-corrected chi connectivity index (χ0v) is 11.4. The average molecular weight is 276 g/mol. The second kappa shape index (κ2) is 5.51. The maximum Gasteiger partial charge on any atom is 0.350 e. The van der Waals surface area contributed by atoms with Gasteiger partial charge in [-0.25, -0.2) is 4.79 Å². The summed E-state index contributed by atoms with van der Waals surface area (Å²) in [5.41, 5.74) is 12.3. The summed E-state index contributed by atoms with van der Waals surface area (Å²) in [4.78, 5) is 12.2. The minimum absolute atomic E-state index is 0.202. The molecule has 0 unspecified atom stereocenters. The van der Waals surface area contributed by atoms with Crippen LogP contribution in [0.3, 0.4) is 0 Å². The highest BCUT2D eigenvalue weighted by Crippen LogP contribution is 2.37. The lowest BCUT2D eigenvalue weighted by Gasteiger charge is -2.01. The normalized spacial score (nSPS) is 10.1. The van der Waals surface area contributed by atoms with Gasteiger partial charge < -0.3 is 16.2 Å². The number of ether oxygens (including phenoxy) is 1. The Balaban J connectivity index is 3.23. The third kappa shape index (κ3) is 2.47. The van der Waals surface area contributed by atoms with Crippen LogP contribution in [-0.4, -0.2) is 23.8 Å². The number of esters is 1. The van der Waals surface area contributed by atoms with Gasteiger partial charge in [0.25, 0.3) is 0 Å². The molecule has 1 rings (SSSR count). The molecule has 0 aliphatic carbocycles. The minimum atomic E-state index is -0.428. The first-order chi connectivity index (χ1) is 7.52. The SMILES string of the molecule is CCOC(=O)c1sc(SC)c(C(N)=S)c1N. The Kier molecular flexibility index (Phi) is 4.57. The second-order valence-corrected chi connectivity index (χ2v) is 5.33. The van der Waals surface area contributed by atoms with Gasteiger partial charge in [-0.2, -0.15) is 0 Å². The number of hydrogen-bond acceptors (Lipinski definition) is 6. The maximum absolute atomic E-state index is 11.6. The van der Waals surface area contributed by atoms with Gasteiger partial charge in [-0.1, -0.05) is 12.2 Å². The molecular formula is C9H12N2O2S3. The van der Waals surface area contributed by atoms with Crippen molar-refractivity contribution >= 4 is 52.0 Å². The Bertz CT molecular complexity index is 429. The van der Waals surface area contributed by atoms with Crippen LogP contribution in [0.15, 0.2) is 4.21 Å². The smallest absolute Gasteiger partial charge is 0.350 e. The Morgan fingerprint density at radius 2 is 2.25 bits per heavy atom. The molecule has 0 amide bonds. The minimum Gasteiger partial charge on any atom is -0.462 e. The maximum atomic E-state index is 11.6. The summed E-state index contributed by atoms with van der Waals surface area (Å²) in [6, 6.07) is 0. The second-order valence-electron chi connectivity index (χ2n) is 2.80. The molecule has 1 aromatic rings. The van der Waals surface area contributed by atoms with Gasteiger partial charge in [0.1, 0.15) is 9.87 Å². The van der Waals surface area contributed by atoms with Crippen molar-refractivity contribution in [3.05, 3.63) is 10.4 Å². The van der Waals surface area contributed by atoms with Crippen LogP contribution >= 0.6 is 35.3 Å². The summed E-state index contributed by atoms with van der Waals surface area (Å²) in [6.07, 6.45) is 1.88. The van der Waals surface area contributed by atoms with Gasteiger partial charge in [0.15, 0.2) is 0 Å². The highest BCUT2D eigenvalue weighted by molar-refractivity contribution is 8.00. The van der Waals surface area contributed by atoms with Crippen molar-refractivity contribution in [3.8, 4) is 0 Å². The average Bonchev–Trinajstić information content (AvgIpc) is 2.55. The number of rotatable bonds is 4. The number of thiophene rings is 1. The first kappa shape index (κ1) is 13.3. The molecule has 0 aliphatic heterocycles. The Morgan fingerprint density at radius 3 is 2.62 bits per heavy atom. The molecule has 4 N–H and O–H groups in total. The molecule has 0 atom stereocenters. The fraction of sp³-hybridized carbons (Fsp3) is 0.333. The Morgan fingerprint density at radius 1 is 1.62 bits per heavy atom. The van der Waals surface area contributed by atoms with Gasteiger partial charge in [-0.15, -0.1) is 23.1 Å². The highest BCUT2D eigenvalue weighted by Gasteiger charge is 2.22. The monoisotopic (exact) mass is 276 g/mol. The van der Waals surface area contributed by atoms with E-state index >= 15 is 0 Å². The van der Waals surface area contributed by atoms with E-state index in [1.165, 1.54) is 23.1 Å². The number of nitrogens with two attached hydrogens (primary N) is 2. The van der Waals surface area contributed by atoms with Gasteiger partial charge in [0, 0.05) is 0 Å². The van der Waals surface area contributed by atoms with Gasteiger partial charge >= 0.3 is 5.97 Å². The predicted octanol–water partition coefficient (Wildman–Crippen LogP) is 1.86. The molecule has 88 valence electrons. The molecule has 0 saturated heterocycles. The summed E-state index contributed by atoms with van der Waals surface area (Å²) in [6.45, 7) is 2.05. The van der Waals surface area contributed by atoms with Crippen LogP contribution in [0.5, 0.6) is 0 Å². The summed E-state index contributed by atoms with van der Waals surface area (Å²) in [7, 11) is 0. The lowest BCUT2D eigenvalue weighted by molar-refractivity contribution is 0.0533. The van der Waals surface area contributed by atoms with Crippen molar-refractivity contribution in [1.29, 1.82) is 0 Å². The number of thioether (sulfide) groups is 1. The molecule has 0 bridgehead atoms.